The van der Waals surface area contributed by atoms with Crippen molar-refractivity contribution in [2.24, 2.45) is 16.3 Å². The Kier molecular flexibility index (Phi) is 4.24. The fourth-order valence-corrected chi connectivity index (χ4v) is 4.47. The number of nitrogens with zero attached hydrogens (tertiary/aromatic N) is 3. The van der Waals surface area contributed by atoms with Crippen molar-refractivity contribution in [3.63, 3.8) is 0 Å². The molecule has 2 fully saturated rings. The molecule has 26 heavy (non-hydrogen) atoms. The molecule has 2 saturated heterocycles. The van der Waals surface area contributed by atoms with Crippen LogP contribution in [0.1, 0.15) is 25.0 Å². The average Bonchev–Trinajstić information content (AvgIpc) is 3.07. The highest BCUT2D eigenvalue weighted by atomic mass is 19.2. The first-order valence-corrected chi connectivity index (χ1v) is 8.82. The second-order valence-electron chi connectivity index (χ2n) is 7.86. The third kappa shape index (κ3) is 2.80. The van der Waals surface area contributed by atoms with Gasteiger partial charge in [-0.1, -0.05) is 6.92 Å². The van der Waals surface area contributed by atoms with Crippen molar-refractivity contribution in [2.45, 2.75) is 37.6 Å². The summed E-state index contributed by atoms with van der Waals surface area (Å²) in [5.41, 5.74) is 6.21. The molecule has 3 aliphatic rings. The van der Waals surface area contributed by atoms with Gasteiger partial charge in [0.2, 0.25) is 0 Å². The molecule has 8 heteroatoms. The number of hydrazone groups is 1. The summed E-state index contributed by atoms with van der Waals surface area (Å²) >= 11 is 0. The summed E-state index contributed by atoms with van der Waals surface area (Å²) < 4.78 is 46.6. The Balaban J connectivity index is 1.46. The van der Waals surface area contributed by atoms with Gasteiger partial charge in [-0.05, 0) is 12.5 Å². The third-order valence-electron chi connectivity index (χ3n) is 5.96. The summed E-state index contributed by atoms with van der Waals surface area (Å²) in [5.74, 6) is -3.14. The summed E-state index contributed by atoms with van der Waals surface area (Å²) in [5, 5.41) is 6.37. The lowest BCUT2D eigenvalue weighted by atomic mass is 9.88. The Morgan fingerprint density at radius 2 is 1.96 bits per heavy atom. The molecule has 142 valence electrons. The molecule has 0 aliphatic carbocycles. The van der Waals surface area contributed by atoms with Gasteiger partial charge in [-0.3, -0.25) is 9.91 Å². The Hall–Kier alpha value is -1.64. The minimum atomic E-state index is -1.21. The summed E-state index contributed by atoms with van der Waals surface area (Å²) in [6.45, 7) is 4.28. The normalized spacial score (nSPS) is 37.4. The van der Waals surface area contributed by atoms with Crippen molar-refractivity contribution in [3.05, 3.63) is 35.1 Å². The minimum absolute atomic E-state index is 0.00187. The first-order valence-electron chi connectivity index (χ1n) is 8.82. The predicted octanol–water partition coefficient (Wildman–Crippen LogP) is 1.88. The highest BCUT2D eigenvalue weighted by molar-refractivity contribution is 5.69. The Morgan fingerprint density at radius 3 is 2.65 bits per heavy atom. The van der Waals surface area contributed by atoms with Gasteiger partial charge in [-0.2, -0.15) is 5.10 Å². The molecule has 0 saturated carbocycles. The van der Waals surface area contributed by atoms with Crippen LogP contribution in [0.4, 0.5) is 13.2 Å². The number of rotatable bonds is 2. The second-order valence-corrected chi connectivity index (χ2v) is 7.86. The maximum absolute atomic E-state index is 14.1. The van der Waals surface area contributed by atoms with Crippen LogP contribution < -0.4 is 5.73 Å². The van der Waals surface area contributed by atoms with Gasteiger partial charge >= 0.3 is 0 Å². The zero-order valence-electron chi connectivity index (χ0n) is 14.8. The van der Waals surface area contributed by atoms with Crippen molar-refractivity contribution in [1.82, 2.24) is 9.91 Å². The quantitative estimate of drug-likeness (QED) is 0.810. The van der Waals surface area contributed by atoms with Gasteiger partial charge in [0, 0.05) is 55.5 Å². The minimum Gasteiger partial charge on any atom is -0.370 e. The van der Waals surface area contributed by atoms with Crippen molar-refractivity contribution >= 4 is 6.21 Å². The average molecular weight is 368 g/mol. The van der Waals surface area contributed by atoms with Gasteiger partial charge in [-0.15, -0.1) is 0 Å². The van der Waals surface area contributed by atoms with Gasteiger partial charge < -0.3 is 10.5 Å². The molecule has 2 N–H and O–H groups in total. The monoisotopic (exact) mass is 368 g/mol. The number of hydrogen-bond donors (Lipinski definition) is 1. The molecule has 5 atom stereocenters. The zero-order chi connectivity index (χ0) is 18.6. The largest absolute Gasteiger partial charge is 0.370 e. The zero-order valence-corrected chi connectivity index (χ0v) is 14.8. The summed E-state index contributed by atoms with van der Waals surface area (Å²) in [7, 11) is 1.97. The first-order chi connectivity index (χ1) is 12.3. The van der Waals surface area contributed by atoms with Crippen molar-refractivity contribution in [3.8, 4) is 0 Å². The molecule has 4 rings (SSSR count). The smallest absolute Gasteiger partial charge is 0.161 e. The molecular formula is C18H23F3N4O. The lowest BCUT2D eigenvalue weighted by molar-refractivity contribution is -0.0487. The molecule has 3 aliphatic heterocycles. The van der Waals surface area contributed by atoms with Gasteiger partial charge in [-0.25, -0.2) is 13.2 Å². The van der Waals surface area contributed by atoms with E-state index in [-0.39, 0.29) is 17.0 Å². The second kappa shape index (κ2) is 6.21. The number of ether oxygens (including phenoxy) is 1. The Morgan fingerprint density at radius 1 is 1.23 bits per heavy atom. The molecule has 0 aromatic heterocycles. The number of nitrogens with two attached hydrogens (primary N) is 1. The van der Waals surface area contributed by atoms with Crippen LogP contribution in [0.25, 0.3) is 0 Å². The summed E-state index contributed by atoms with van der Waals surface area (Å²) in [4.78, 5) is 2.34. The van der Waals surface area contributed by atoms with Gasteiger partial charge in [0.15, 0.2) is 11.6 Å². The lowest BCUT2D eigenvalue weighted by Gasteiger charge is -2.39. The number of likely N-dealkylation sites (tertiary alicyclic amines) is 1. The molecule has 0 spiro atoms. The van der Waals surface area contributed by atoms with E-state index in [0.29, 0.717) is 25.1 Å². The number of benzene rings is 1. The SMILES string of the molecule is CN1N=CC2(C)CN([C@@H]3CO[C@H](c4cc(F)c(F)cc4F)[C@@H](N)C3)CC12. The van der Waals surface area contributed by atoms with E-state index in [0.717, 1.165) is 19.2 Å². The number of fused-ring (bicyclic) bond motifs is 1. The third-order valence-corrected chi connectivity index (χ3v) is 5.96. The fourth-order valence-electron chi connectivity index (χ4n) is 4.47. The van der Waals surface area contributed by atoms with E-state index in [4.69, 9.17) is 10.5 Å². The van der Waals surface area contributed by atoms with Gasteiger partial charge in [0.25, 0.3) is 0 Å². The molecular weight excluding hydrogens is 345 g/mol. The molecule has 1 aromatic carbocycles. The van der Waals surface area contributed by atoms with E-state index in [2.05, 4.69) is 16.9 Å². The van der Waals surface area contributed by atoms with E-state index in [9.17, 15) is 13.2 Å². The van der Waals surface area contributed by atoms with Crippen LogP contribution in [-0.4, -0.2) is 61.0 Å². The highest BCUT2D eigenvalue weighted by Crippen LogP contribution is 2.39. The highest BCUT2D eigenvalue weighted by Gasteiger charge is 2.50. The van der Waals surface area contributed by atoms with Crippen LogP contribution in [-0.2, 0) is 4.74 Å². The molecule has 2 unspecified atom stereocenters. The van der Waals surface area contributed by atoms with Crippen LogP contribution >= 0.6 is 0 Å². The Bertz CT molecular complexity index is 745. The molecule has 5 nitrogen and oxygen atoms in total. The number of hydrogen-bond acceptors (Lipinski definition) is 5. The van der Waals surface area contributed by atoms with Gasteiger partial charge in [0.1, 0.15) is 11.9 Å². The maximum Gasteiger partial charge on any atom is 0.161 e. The van der Waals surface area contributed by atoms with Crippen LogP contribution in [0.15, 0.2) is 17.2 Å². The Labute approximate surface area is 150 Å². The van der Waals surface area contributed by atoms with E-state index >= 15 is 0 Å². The van der Waals surface area contributed by atoms with E-state index in [1.165, 1.54) is 0 Å². The fraction of sp³-hybridized carbons (Fsp3) is 0.611. The maximum atomic E-state index is 14.1. The van der Waals surface area contributed by atoms with E-state index in [1.807, 2.05) is 18.3 Å². The lowest BCUT2D eigenvalue weighted by Crippen LogP contribution is -2.49. The molecule has 0 amide bonds. The van der Waals surface area contributed by atoms with Crippen molar-refractivity contribution in [2.75, 3.05) is 26.7 Å². The van der Waals surface area contributed by atoms with E-state index in [1.54, 1.807) is 0 Å². The topological polar surface area (TPSA) is 54.1 Å². The molecule has 0 bridgehead atoms. The van der Waals surface area contributed by atoms with Crippen LogP contribution in [0, 0.1) is 22.9 Å². The molecule has 0 radical (unpaired) electrons. The van der Waals surface area contributed by atoms with Crippen molar-refractivity contribution in [1.29, 1.82) is 0 Å². The number of likely N-dealkylation sites (N-methyl/N-ethyl adjacent to an activating group) is 1. The summed E-state index contributed by atoms with van der Waals surface area (Å²) in [6, 6.07) is 1.33. The van der Waals surface area contributed by atoms with Crippen LogP contribution in [0.2, 0.25) is 0 Å². The van der Waals surface area contributed by atoms with Gasteiger partial charge in [0.05, 0.1) is 12.6 Å². The van der Waals surface area contributed by atoms with E-state index < -0.39 is 29.6 Å². The summed E-state index contributed by atoms with van der Waals surface area (Å²) in [6.07, 6.45) is 1.83. The van der Waals surface area contributed by atoms with Crippen LogP contribution in [0.3, 0.4) is 0 Å². The van der Waals surface area contributed by atoms with Crippen LogP contribution in [0.5, 0.6) is 0 Å². The first kappa shape index (κ1) is 17.8. The molecule has 3 heterocycles. The predicted molar refractivity (Wildman–Crippen MR) is 91.1 cm³/mol. The molecule has 1 aromatic rings. The van der Waals surface area contributed by atoms with Crippen molar-refractivity contribution < 1.29 is 17.9 Å². The standard InChI is InChI=1S/C18H23F3N4O/c1-18-8-23-24(2)16(18)6-25(9-18)10-3-15(22)17(26-7-10)11-4-13(20)14(21)5-12(11)19/h4-5,8,10,15-17H,3,6-7,9,22H2,1-2H3/t10-,15-,16?,17+,18?/m0/s1. The number of halogens is 3.